The van der Waals surface area contributed by atoms with Crippen molar-refractivity contribution in [1.82, 2.24) is 0 Å². The van der Waals surface area contributed by atoms with Crippen LogP contribution >= 0.6 is 0 Å². The summed E-state index contributed by atoms with van der Waals surface area (Å²) in [5.74, 6) is -5.74. The predicted octanol–water partition coefficient (Wildman–Crippen LogP) is 3.70. The quantitative estimate of drug-likeness (QED) is 0.787. The summed E-state index contributed by atoms with van der Waals surface area (Å²) in [6.07, 6.45) is 4.81. The zero-order valence-electron chi connectivity index (χ0n) is 9.72. The first-order valence-corrected chi connectivity index (χ1v) is 6.08. The summed E-state index contributed by atoms with van der Waals surface area (Å²) >= 11 is 0. The van der Waals surface area contributed by atoms with Crippen molar-refractivity contribution in [3.63, 3.8) is 0 Å². The lowest BCUT2D eigenvalue weighted by Gasteiger charge is -2.28. The van der Waals surface area contributed by atoms with Crippen LogP contribution in [0, 0.1) is 11.8 Å². The number of halogens is 2. The third-order valence-electron chi connectivity index (χ3n) is 3.57. The van der Waals surface area contributed by atoms with Gasteiger partial charge in [-0.1, -0.05) is 39.0 Å². The van der Waals surface area contributed by atoms with E-state index < -0.39 is 24.2 Å². The molecule has 0 aliphatic heterocycles. The van der Waals surface area contributed by atoms with Crippen LogP contribution in [0.1, 0.15) is 51.9 Å². The lowest BCUT2D eigenvalue weighted by molar-refractivity contribution is -0.159. The molecule has 0 spiro atoms. The van der Waals surface area contributed by atoms with E-state index in [2.05, 4.69) is 0 Å². The first-order valence-electron chi connectivity index (χ1n) is 6.08. The van der Waals surface area contributed by atoms with Crippen LogP contribution in [0.5, 0.6) is 0 Å². The Labute approximate surface area is 95.0 Å². The van der Waals surface area contributed by atoms with E-state index in [0.29, 0.717) is 0 Å². The predicted molar refractivity (Wildman–Crippen MR) is 57.6 cm³/mol. The molecule has 0 saturated heterocycles. The Morgan fingerprint density at radius 2 is 1.94 bits per heavy atom. The average Bonchev–Trinajstić information content (AvgIpc) is 2.26. The molecular formula is C12H20F2O2. The molecule has 1 aliphatic rings. The van der Waals surface area contributed by atoms with E-state index in [0.717, 1.165) is 32.1 Å². The highest BCUT2D eigenvalue weighted by molar-refractivity contribution is 5.71. The topological polar surface area (TPSA) is 37.3 Å². The second-order valence-electron chi connectivity index (χ2n) is 4.75. The molecule has 1 atom stereocenters. The fourth-order valence-corrected chi connectivity index (χ4v) is 2.46. The van der Waals surface area contributed by atoms with E-state index in [-0.39, 0.29) is 12.3 Å². The molecule has 1 N–H and O–H groups in total. The van der Waals surface area contributed by atoms with Crippen molar-refractivity contribution in [2.45, 2.75) is 57.8 Å². The molecule has 0 bridgehead atoms. The Bertz CT molecular complexity index is 235. The second-order valence-corrected chi connectivity index (χ2v) is 4.75. The van der Waals surface area contributed by atoms with Gasteiger partial charge in [0.1, 0.15) is 5.92 Å². The third kappa shape index (κ3) is 3.42. The molecule has 94 valence electrons. The van der Waals surface area contributed by atoms with E-state index in [4.69, 9.17) is 5.11 Å². The number of carbonyl (C=O) groups is 1. The smallest absolute Gasteiger partial charge is 0.312 e. The number of aliphatic carboxylic acids is 1. The van der Waals surface area contributed by atoms with Gasteiger partial charge >= 0.3 is 5.97 Å². The van der Waals surface area contributed by atoms with Gasteiger partial charge in [-0.05, 0) is 12.3 Å². The molecule has 1 fully saturated rings. The first-order chi connectivity index (χ1) is 7.47. The number of carboxylic acid groups (broad SMARTS) is 1. The monoisotopic (exact) mass is 234 g/mol. The molecule has 16 heavy (non-hydrogen) atoms. The molecule has 0 amide bonds. The van der Waals surface area contributed by atoms with Gasteiger partial charge in [0.25, 0.3) is 5.92 Å². The normalized spacial score (nSPS) is 20.7. The molecular weight excluding hydrogens is 214 g/mol. The van der Waals surface area contributed by atoms with Gasteiger partial charge in [0.2, 0.25) is 0 Å². The van der Waals surface area contributed by atoms with Crippen molar-refractivity contribution < 1.29 is 18.7 Å². The van der Waals surface area contributed by atoms with Crippen LogP contribution in [0.15, 0.2) is 0 Å². The number of alkyl halides is 2. The van der Waals surface area contributed by atoms with E-state index in [9.17, 15) is 13.6 Å². The highest BCUT2D eigenvalue weighted by Crippen LogP contribution is 2.37. The third-order valence-corrected chi connectivity index (χ3v) is 3.57. The van der Waals surface area contributed by atoms with Crippen LogP contribution in [0.3, 0.4) is 0 Å². The van der Waals surface area contributed by atoms with Crippen LogP contribution in [0.4, 0.5) is 8.78 Å². The fraction of sp³-hybridized carbons (Fsp3) is 0.917. The lowest BCUT2D eigenvalue weighted by atomic mass is 9.80. The van der Waals surface area contributed by atoms with E-state index in [1.54, 1.807) is 0 Å². The summed E-state index contributed by atoms with van der Waals surface area (Å²) in [6, 6.07) is 0. The van der Waals surface area contributed by atoms with Crippen LogP contribution in [-0.2, 0) is 4.79 Å². The highest BCUT2D eigenvalue weighted by Gasteiger charge is 2.43. The van der Waals surface area contributed by atoms with Crippen LogP contribution in [0.25, 0.3) is 0 Å². The molecule has 0 radical (unpaired) electrons. The number of rotatable bonds is 5. The van der Waals surface area contributed by atoms with Crippen molar-refractivity contribution >= 4 is 5.97 Å². The van der Waals surface area contributed by atoms with Gasteiger partial charge in [-0.15, -0.1) is 0 Å². The van der Waals surface area contributed by atoms with Crippen LogP contribution in [0.2, 0.25) is 0 Å². The SMILES string of the molecule is CCC(F)(F)C(CC1CCCCC1)C(=O)O. The van der Waals surface area contributed by atoms with Gasteiger partial charge in [0.15, 0.2) is 0 Å². The molecule has 0 aromatic carbocycles. The van der Waals surface area contributed by atoms with Gasteiger partial charge in [-0.25, -0.2) is 8.78 Å². The maximum atomic E-state index is 13.4. The minimum atomic E-state index is -3.07. The zero-order valence-corrected chi connectivity index (χ0v) is 9.72. The maximum absolute atomic E-state index is 13.4. The molecule has 4 heteroatoms. The number of hydrogen-bond donors (Lipinski definition) is 1. The van der Waals surface area contributed by atoms with Gasteiger partial charge in [0.05, 0.1) is 0 Å². The largest absolute Gasteiger partial charge is 0.481 e. The molecule has 2 nitrogen and oxygen atoms in total. The van der Waals surface area contributed by atoms with Gasteiger partial charge in [-0.3, -0.25) is 4.79 Å². The molecule has 1 unspecified atom stereocenters. The number of carboxylic acids is 1. The van der Waals surface area contributed by atoms with E-state index in [1.165, 1.54) is 6.92 Å². The van der Waals surface area contributed by atoms with Crippen molar-refractivity contribution in [2.24, 2.45) is 11.8 Å². The Hall–Kier alpha value is -0.670. The van der Waals surface area contributed by atoms with E-state index >= 15 is 0 Å². The summed E-state index contributed by atoms with van der Waals surface area (Å²) in [5, 5.41) is 8.89. The molecule has 1 rings (SSSR count). The van der Waals surface area contributed by atoms with Gasteiger partial charge < -0.3 is 5.11 Å². The molecule has 0 aromatic rings. The van der Waals surface area contributed by atoms with Gasteiger partial charge in [0, 0.05) is 6.42 Å². The minimum Gasteiger partial charge on any atom is -0.481 e. The summed E-state index contributed by atoms with van der Waals surface area (Å²) in [5.41, 5.74) is 0. The number of hydrogen-bond acceptors (Lipinski definition) is 1. The Morgan fingerprint density at radius 1 is 1.38 bits per heavy atom. The summed E-state index contributed by atoms with van der Waals surface area (Å²) < 4.78 is 26.9. The molecule has 0 heterocycles. The fourth-order valence-electron chi connectivity index (χ4n) is 2.46. The van der Waals surface area contributed by atoms with Gasteiger partial charge in [-0.2, -0.15) is 0 Å². The second kappa shape index (κ2) is 5.60. The van der Waals surface area contributed by atoms with E-state index in [1.807, 2.05) is 0 Å². The van der Waals surface area contributed by atoms with Crippen LogP contribution in [-0.4, -0.2) is 17.0 Å². The molecule has 1 saturated carbocycles. The molecule has 0 aromatic heterocycles. The Kier molecular flexibility index (Phi) is 4.69. The van der Waals surface area contributed by atoms with Crippen LogP contribution < -0.4 is 0 Å². The maximum Gasteiger partial charge on any atom is 0.312 e. The Morgan fingerprint density at radius 3 is 2.38 bits per heavy atom. The van der Waals surface area contributed by atoms with Crippen molar-refractivity contribution in [1.29, 1.82) is 0 Å². The summed E-state index contributed by atoms with van der Waals surface area (Å²) in [7, 11) is 0. The Balaban J connectivity index is 2.60. The zero-order chi connectivity index (χ0) is 12.2. The first kappa shape index (κ1) is 13.4. The van der Waals surface area contributed by atoms with Crippen molar-refractivity contribution in [3.05, 3.63) is 0 Å². The highest BCUT2D eigenvalue weighted by atomic mass is 19.3. The standard InChI is InChI=1S/C12H20F2O2/c1-2-12(13,14)10(11(15)16)8-9-6-4-3-5-7-9/h9-10H,2-8H2,1H3,(H,15,16). The minimum absolute atomic E-state index is 0.135. The molecule has 1 aliphatic carbocycles. The summed E-state index contributed by atoms with van der Waals surface area (Å²) in [4.78, 5) is 10.9. The average molecular weight is 234 g/mol. The van der Waals surface area contributed by atoms with Crippen molar-refractivity contribution in [2.75, 3.05) is 0 Å². The summed E-state index contributed by atoms with van der Waals surface area (Å²) in [6.45, 7) is 1.34. The lowest BCUT2D eigenvalue weighted by Crippen LogP contribution is -2.35. The van der Waals surface area contributed by atoms with Crippen molar-refractivity contribution in [3.8, 4) is 0 Å².